The van der Waals surface area contributed by atoms with Gasteiger partial charge in [-0.15, -0.1) is 0 Å². The van der Waals surface area contributed by atoms with E-state index < -0.39 is 0 Å². The maximum absolute atomic E-state index is 11.9. The summed E-state index contributed by atoms with van der Waals surface area (Å²) in [6.45, 7) is 7.87. The Kier molecular flexibility index (Phi) is 4.91. The third-order valence-electron chi connectivity index (χ3n) is 3.26. The van der Waals surface area contributed by atoms with Crippen LogP contribution in [0.2, 0.25) is 0 Å². The normalized spacial score (nSPS) is 23.2. The summed E-state index contributed by atoms with van der Waals surface area (Å²) in [5.41, 5.74) is 1.14. The summed E-state index contributed by atoms with van der Waals surface area (Å²) in [6, 6.07) is 10.0. The van der Waals surface area contributed by atoms with Crippen LogP contribution in [0.4, 0.5) is 0 Å². The summed E-state index contributed by atoms with van der Waals surface area (Å²) in [5, 5.41) is 6.71. The molecule has 2 N–H and O–H groups in total. The van der Waals surface area contributed by atoms with E-state index in [-0.39, 0.29) is 30.1 Å². The van der Waals surface area contributed by atoms with Gasteiger partial charge in [0.1, 0.15) is 6.61 Å². The van der Waals surface area contributed by atoms with Crippen molar-refractivity contribution in [3.63, 3.8) is 0 Å². The molecule has 1 aliphatic rings. The predicted molar refractivity (Wildman–Crippen MR) is 79.6 cm³/mol. The van der Waals surface area contributed by atoms with Crippen LogP contribution in [0, 0.1) is 0 Å². The molecule has 0 spiro atoms. The Morgan fingerprint density at radius 3 is 2.60 bits per heavy atom. The van der Waals surface area contributed by atoms with E-state index >= 15 is 0 Å². The average Bonchev–Trinajstić information content (AvgIpc) is 2.71. The first-order chi connectivity index (χ1) is 9.46. The molecule has 110 valence electrons. The van der Waals surface area contributed by atoms with E-state index in [0.717, 1.165) is 6.54 Å². The topological polar surface area (TPSA) is 50.4 Å². The number of benzene rings is 1. The number of carbonyl (C=O) groups is 1. The summed E-state index contributed by atoms with van der Waals surface area (Å²) in [4.78, 5) is 11.9. The van der Waals surface area contributed by atoms with Gasteiger partial charge in [-0.1, -0.05) is 30.3 Å². The highest BCUT2D eigenvalue weighted by atomic mass is 16.5. The fourth-order valence-electron chi connectivity index (χ4n) is 2.35. The van der Waals surface area contributed by atoms with Gasteiger partial charge in [-0.25, -0.2) is 0 Å². The fourth-order valence-corrected chi connectivity index (χ4v) is 2.35. The second-order valence-corrected chi connectivity index (χ2v) is 6.30. The van der Waals surface area contributed by atoms with Gasteiger partial charge in [-0.3, -0.25) is 4.79 Å². The molecule has 1 saturated heterocycles. The lowest BCUT2D eigenvalue weighted by molar-refractivity contribution is -0.119. The number of nitrogens with one attached hydrogen (secondary N) is 2. The van der Waals surface area contributed by atoms with Gasteiger partial charge in [-0.2, -0.15) is 0 Å². The molecule has 0 amide bonds. The lowest BCUT2D eigenvalue weighted by atomic mass is 10.0. The zero-order valence-corrected chi connectivity index (χ0v) is 12.5. The molecule has 0 radical (unpaired) electrons. The highest BCUT2D eigenvalue weighted by Crippen LogP contribution is 2.14. The minimum Gasteiger partial charge on any atom is -0.367 e. The van der Waals surface area contributed by atoms with Crippen LogP contribution in [0.25, 0.3) is 0 Å². The Labute approximate surface area is 120 Å². The van der Waals surface area contributed by atoms with Crippen molar-refractivity contribution in [1.29, 1.82) is 0 Å². The van der Waals surface area contributed by atoms with Crippen LogP contribution in [0.1, 0.15) is 26.3 Å². The van der Waals surface area contributed by atoms with Crippen LogP contribution in [-0.4, -0.2) is 36.6 Å². The van der Waals surface area contributed by atoms with Crippen molar-refractivity contribution in [2.75, 3.05) is 13.2 Å². The molecule has 1 fully saturated rings. The highest BCUT2D eigenvalue weighted by molar-refractivity contribution is 5.87. The molecule has 2 rings (SSSR count). The second kappa shape index (κ2) is 6.48. The fraction of sp³-hybridized carbons (Fsp3) is 0.562. The van der Waals surface area contributed by atoms with Gasteiger partial charge < -0.3 is 15.4 Å². The number of ether oxygens (including phenoxy) is 1. The second-order valence-electron chi connectivity index (χ2n) is 6.30. The number of Topliss-reactive ketones (excluding diaryl/α,β-unsaturated/α-hetero) is 1. The zero-order chi connectivity index (χ0) is 14.6. The van der Waals surface area contributed by atoms with E-state index in [1.165, 1.54) is 5.56 Å². The van der Waals surface area contributed by atoms with Crippen LogP contribution >= 0.6 is 0 Å². The summed E-state index contributed by atoms with van der Waals surface area (Å²) >= 11 is 0. The molecule has 4 nitrogen and oxygen atoms in total. The van der Waals surface area contributed by atoms with Crippen LogP contribution in [0.15, 0.2) is 30.3 Å². The minimum atomic E-state index is -0.210. The van der Waals surface area contributed by atoms with E-state index in [0.29, 0.717) is 6.54 Å². The first-order valence-corrected chi connectivity index (χ1v) is 7.12. The monoisotopic (exact) mass is 276 g/mol. The molecule has 1 aromatic rings. The molecular formula is C16H24N2O2. The molecule has 1 aromatic carbocycles. The quantitative estimate of drug-likeness (QED) is 0.856. The molecule has 0 aromatic heterocycles. The molecule has 0 aliphatic carbocycles. The molecule has 2 unspecified atom stereocenters. The van der Waals surface area contributed by atoms with Crippen molar-refractivity contribution < 1.29 is 9.53 Å². The number of rotatable bonds is 5. The molecule has 0 saturated carbocycles. The van der Waals surface area contributed by atoms with Gasteiger partial charge in [0, 0.05) is 18.6 Å². The standard InChI is InChI=1S/C16H24N2O2/c1-16(2,3)18-15-13(19)11-20-14(15)10-17-9-12-7-5-4-6-8-12/h4-8,14-15,17-18H,9-11H2,1-3H3. The first-order valence-electron chi connectivity index (χ1n) is 7.12. The molecule has 0 bridgehead atoms. The third kappa shape index (κ3) is 4.40. The van der Waals surface area contributed by atoms with Crippen molar-refractivity contribution >= 4 is 5.78 Å². The molecule has 1 aliphatic heterocycles. The summed E-state index contributed by atoms with van der Waals surface area (Å²) < 4.78 is 5.59. The smallest absolute Gasteiger partial charge is 0.178 e. The maximum Gasteiger partial charge on any atom is 0.178 e. The van der Waals surface area contributed by atoms with Crippen LogP contribution in [0.3, 0.4) is 0 Å². The SMILES string of the molecule is CC(C)(C)NC1C(=O)COC1CNCc1ccccc1. The summed E-state index contributed by atoms with van der Waals surface area (Å²) in [5.74, 6) is 0.145. The third-order valence-corrected chi connectivity index (χ3v) is 3.26. The number of hydrogen-bond acceptors (Lipinski definition) is 4. The van der Waals surface area contributed by atoms with E-state index in [9.17, 15) is 4.79 Å². The van der Waals surface area contributed by atoms with Gasteiger partial charge >= 0.3 is 0 Å². The van der Waals surface area contributed by atoms with Gasteiger partial charge in [0.15, 0.2) is 5.78 Å². The zero-order valence-electron chi connectivity index (χ0n) is 12.5. The Morgan fingerprint density at radius 2 is 1.95 bits per heavy atom. The summed E-state index contributed by atoms with van der Waals surface area (Å²) in [6.07, 6.45) is -0.0922. The van der Waals surface area contributed by atoms with E-state index in [2.05, 4.69) is 43.5 Å². The van der Waals surface area contributed by atoms with Crippen molar-refractivity contribution in [3.8, 4) is 0 Å². The van der Waals surface area contributed by atoms with Crippen molar-refractivity contribution in [2.45, 2.75) is 45.0 Å². The lowest BCUT2D eigenvalue weighted by Crippen LogP contribution is -2.52. The minimum absolute atomic E-state index is 0.0916. The van der Waals surface area contributed by atoms with Gasteiger partial charge in [-0.05, 0) is 26.3 Å². The van der Waals surface area contributed by atoms with Crippen molar-refractivity contribution in [2.24, 2.45) is 0 Å². The number of ketones is 1. The molecule has 20 heavy (non-hydrogen) atoms. The van der Waals surface area contributed by atoms with E-state index in [1.54, 1.807) is 0 Å². The molecule has 2 atom stereocenters. The average molecular weight is 276 g/mol. The largest absolute Gasteiger partial charge is 0.367 e. The predicted octanol–water partition coefficient (Wildman–Crippen LogP) is 1.50. The van der Waals surface area contributed by atoms with Gasteiger partial charge in [0.2, 0.25) is 0 Å². The van der Waals surface area contributed by atoms with Crippen LogP contribution in [-0.2, 0) is 16.1 Å². The van der Waals surface area contributed by atoms with E-state index in [1.807, 2.05) is 18.2 Å². The van der Waals surface area contributed by atoms with Crippen LogP contribution in [0.5, 0.6) is 0 Å². The molecule has 1 heterocycles. The van der Waals surface area contributed by atoms with Gasteiger partial charge in [0.05, 0.1) is 12.1 Å². The highest BCUT2D eigenvalue weighted by Gasteiger charge is 2.37. The Morgan fingerprint density at radius 1 is 1.25 bits per heavy atom. The molecule has 4 heteroatoms. The number of hydrogen-bond donors (Lipinski definition) is 2. The Bertz CT molecular complexity index is 440. The lowest BCUT2D eigenvalue weighted by Gasteiger charge is -2.28. The first kappa shape index (κ1) is 15.2. The Hall–Kier alpha value is -1.23. The number of carbonyl (C=O) groups excluding carboxylic acids is 1. The maximum atomic E-state index is 11.9. The van der Waals surface area contributed by atoms with Crippen molar-refractivity contribution in [1.82, 2.24) is 10.6 Å². The van der Waals surface area contributed by atoms with Gasteiger partial charge in [0.25, 0.3) is 0 Å². The summed E-state index contributed by atoms with van der Waals surface area (Å²) in [7, 11) is 0. The Balaban J connectivity index is 1.83. The van der Waals surface area contributed by atoms with Crippen molar-refractivity contribution in [3.05, 3.63) is 35.9 Å². The van der Waals surface area contributed by atoms with Crippen LogP contribution < -0.4 is 10.6 Å². The molecular weight excluding hydrogens is 252 g/mol. The van der Waals surface area contributed by atoms with E-state index in [4.69, 9.17) is 4.74 Å².